The third kappa shape index (κ3) is 4.13. The van der Waals surface area contributed by atoms with Crippen LogP contribution in [0.15, 0.2) is 24.3 Å². The molecule has 0 heterocycles. The summed E-state index contributed by atoms with van der Waals surface area (Å²) in [6.07, 6.45) is 0.592. The van der Waals surface area contributed by atoms with Crippen LogP contribution in [0.2, 0.25) is 0 Å². The van der Waals surface area contributed by atoms with Crippen LogP contribution in [0.5, 0.6) is 5.75 Å². The molecule has 0 aromatic heterocycles. The van der Waals surface area contributed by atoms with E-state index < -0.39 is 6.04 Å². The maximum absolute atomic E-state index is 11.5. The monoisotopic (exact) mass is 233 g/mol. The molecule has 0 aliphatic heterocycles. The number of carbonyl (C=O) groups excluding carboxylic acids is 1. The van der Waals surface area contributed by atoms with E-state index in [0.29, 0.717) is 17.9 Å². The minimum absolute atomic E-state index is 0.00636. The number of ether oxygens (including phenoxy) is 1. The molecule has 0 saturated heterocycles. The van der Waals surface area contributed by atoms with Crippen molar-refractivity contribution in [1.29, 1.82) is 5.26 Å². The average Bonchev–Trinajstić information content (AvgIpc) is 2.37. The van der Waals surface area contributed by atoms with Gasteiger partial charge in [-0.15, -0.1) is 0 Å². The number of benzene rings is 1. The Labute approximate surface area is 100 Å². The van der Waals surface area contributed by atoms with Gasteiger partial charge in [-0.2, -0.15) is 5.26 Å². The van der Waals surface area contributed by atoms with E-state index in [4.69, 9.17) is 15.7 Å². The van der Waals surface area contributed by atoms with Gasteiger partial charge in [0, 0.05) is 5.69 Å². The summed E-state index contributed by atoms with van der Waals surface area (Å²) in [5.74, 6) is 0.377. The van der Waals surface area contributed by atoms with Crippen LogP contribution in [0.4, 0.5) is 5.69 Å². The molecule has 5 nitrogen and oxygen atoms in total. The van der Waals surface area contributed by atoms with Gasteiger partial charge in [-0.25, -0.2) is 0 Å². The van der Waals surface area contributed by atoms with Crippen LogP contribution in [-0.2, 0) is 4.79 Å². The molecule has 0 spiro atoms. The molecule has 1 aromatic rings. The maximum Gasteiger partial charge on any atom is 0.241 e. The summed E-state index contributed by atoms with van der Waals surface area (Å²) in [4.78, 5) is 11.5. The Bertz CT molecular complexity index is 409. The molecule has 0 aliphatic carbocycles. The predicted molar refractivity (Wildman–Crippen MR) is 64.4 cm³/mol. The SMILES string of the molecule is CCC(N)C(=O)Nc1ccc(OCC#N)cc1. The first-order chi connectivity index (χ1) is 8.17. The number of nitriles is 1. The first kappa shape index (κ1) is 13.0. The van der Waals surface area contributed by atoms with E-state index in [9.17, 15) is 4.79 Å². The number of nitrogens with zero attached hydrogens (tertiary/aromatic N) is 1. The van der Waals surface area contributed by atoms with Crippen LogP contribution in [-0.4, -0.2) is 18.6 Å². The quantitative estimate of drug-likeness (QED) is 0.801. The molecule has 5 heteroatoms. The summed E-state index contributed by atoms with van der Waals surface area (Å²) in [6.45, 7) is 1.86. The van der Waals surface area contributed by atoms with Crippen LogP contribution in [0.25, 0.3) is 0 Å². The number of hydrogen-bond acceptors (Lipinski definition) is 4. The highest BCUT2D eigenvalue weighted by molar-refractivity contribution is 5.94. The number of amides is 1. The lowest BCUT2D eigenvalue weighted by atomic mass is 10.2. The van der Waals surface area contributed by atoms with Crippen molar-refractivity contribution in [3.63, 3.8) is 0 Å². The van der Waals surface area contributed by atoms with E-state index in [1.807, 2.05) is 13.0 Å². The van der Waals surface area contributed by atoms with Crippen molar-refractivity contribution in [3.05, 3.63) is 24.3 Å². The summed E-state index contributed by atoms with van der Waals surface area (Å²) in [7, 11) is 0. The molecule has 1 atom stereocenters. The van der Waals surface area contributed by atoms with Gasteiger partial charge >= 0.3 is 0 Å². The molecule has 0 aliphatic rings. The Morgan fingerprint density at radius 2 is 2.18 bits per heavy atom. The van der Waals surface area contributed by atoms with E-state index in [-0.39, 0.29) is 12.5 Å². The second-order valence-electron chi connectivity index (χ2n) is 3.48. The number of anilines is 1. The van der Waals surface area contributed by atoms with Crippen LogP contribution in [0.1, 0.15) is 13.3 Å². The number of hydrogen-bond donors (Lipinski definition) is 2. The Morgan fingerprint density at radius 3 is 2.71 bits per heavy atom. The Balaban J connectivity index is 2.57. The molecule has 1 unspecified atom stereocenters. The highest BCUT2D eigenvalue weighted by Crippen LogP contribution is 2.15. The van der Waals surface area contributed by atoms with Crippen molar-refractivity contribution >= 4 is 11.6 Å². The van der Waals surface area contributed by atoms with Gasteiger partial charge in [0.15, 0.2) is 6.61 Å². The van der Waals surface area contributed by atoms with Gasteiger partial charge in [0.1, 0.15) is 11.8 Å². The molecule has 3 N–H and O–H groups in total. The van der Waals surface area contributed by atoms with Gasteiger partial charge in [-0.1, -0.05) is 6.92 Å². The first-order valence-electron chi connectivity index (χ1n) is 5.33. The highest BCUT2D eigenvalue weighted by Gasteiger charge is 2.10. The van der Waals surface area contributed by atoms with E-state index in [0.717, 1.165) is 0 Å². The molecule has 1 rings (SSSR count). The fourth-order valence-electron chi connectivity index (χ4n) is 1.17. The second kappa shape index (κ2) is 6.51. The smallest absolute Gasteiger partial charge is 0.241 e. The number of rotatable bonds is 5. The minimum Gasteiger partial charge on any atom is -0.479 e. The van der Waals surface area contributed by atoms with Crippen molar-refractivity contribution in [2.24, 2.45) is 5.73 Å². The second-order valence-corrected chi connectivity index (χ2v) is 3.48. The summed E-state index contributed by atoms with van der Waals surface area (Å²) in [5.41, 5.74) is 6.24. The molecule has 0 saturated carbocycles. The zero-order valence-electron chi connectivity index (χ0n) is 9.64. The summed E-state index contributed by atoms with van der Waals surface area (Å²) in [5, 5.41) is 11.0. The van der Waals surface area contributed by atoms with E-state index in [2.05, 4.69) is 5.32 Å². The molecule has 1 aromatic carbocycles. The van der Waals surface area contributed by atoms with Crippen molar-refractivity contribution in [3.8, 4) is 11.8 Å². The molecule has 0 radical (unpaired) electrons. The third-order valence-electron chi connectivity index (χ3n) is 2.20. The summed E-state index contributed by atoms with van der Waals surface area (Å²) in [6, 6.07) is 8.15. The Morgan fingerprint density at radius 1 is 1.53 bits per heavy atom. The van der Waals surface area contributed by atoms with Crippen molar-refractivity contribution < 1.29 is 9.53 Å². The zero-order chi connectivity index (χ0) is 12.7. The number of nitrogens with two attached hydrogens (primary N) is 1. The summed E-state index contributed by atoms with van der Waals surface area (Å²) >= 11 is 0. The van der Waals surface area contributed by atoms with Gasteiger partial charge in [0.2, 0.25) is 5.91 Å². The zero-order valence-corrected chi connectivity index (χ0v) is 9.64. The topological polar surface area (TPSA) is 88.1 Å². The molecular formula is C12H15N3O2. The van der Waals surface area contributed by atoms with Crippen LogP contribution in [0, 0.1) is 11.3 Å². The molecule has 90 valence electrons. The van der Waals surface area contributed by atoms with Crippen LogP contribution < -0.4 is 15.8 Å². The van der Waals surface area contributed by atoms with Crippen molar-refractivity contribution in [2.45, 2.75) is 19.4 Å². The number of nitrogens with one attached hydrogen (secondary N) is 1. The van der Waals surface area contributed by atoms with Crippen molar-refractivity contribution in [1.82, 2.24) is 0 Å². The normalized spacial score (nSPS) is 11.4. The molecule has 0 fully saturated rings. The third-order valence-corrected chi connectivity index (χ3v) is 2.20. The number of carbonyl (C=O) groups is 1. The minimum atomic E-state index is -0.496. The fraction of sp³-hybridized carbons (Fsp3) is 0.333. The fourth-order valence-corrected chi connectivity index (χ4v) is 1.17. The lowest BCUT2D eigenvalue weighted by molar-refractivity contribution is -0.117. The van der Waals surface area contributed by atoms with Gasteiger partial charge in [-0.05, 0) is 30.7 Å². The average molecular weight is 233 g/mol. The largest absolute Gasteiger partial charge is 0.479 e. The van der Waals surface area contributed by atoms with Gasteiger partial charge in [0.05, 0.1) is 6.04 Å². The lowest BCUT2D eigenvalue weighted by Gasteiger charge is -2.10. The maximum atomic E-state index is 11.5. The predicted octanol–water partition coefficient (Wildman–Crippen LogP) is 1.26. The first-order valence-corrected chi connectivity index (χ1v) is 5.33. The van der Waals surface area contributed by atoms with Gasteiger partial charge < -0.3 is 15.8 Å². The van der Waals surface area contributed by atoms with Crippen molar-refractivity contribution in [2.75, 3.05) is 11.9 Å². The summed E-state index contributed by atoms with van der Waals surface area (Å²) < 4.78 is 5.09. The van der Waals surface area contributed by atoms with E-state index in [1.54, 1.807) is 24.3 Å². The van der Waals surface area contributed by atoms with Gasteiger partial charge in [0.25, 0.3) is 0 Å². The van der Waals surface area contributed by atoms with Gasteiger partial charge in [-0.3, -0.25) is 4.79 Å². The van der Waals surface area contributed by atoms with E-state index >= 15 is 0 Å². The van der Waals surface area contributed by atoms with Crippen LogP contribution in [0.3, 0.4) is 0 Å². The lowest BCUT2D eigenvalue weighted by Crippen LogP contribution is -2.34. The molecule has 17 heavy (non-hydrogen) atoms. The van der Waals surface area contributed by atoms with Crippen LogP contribution >= 0.6 is 0 Å². The van der Waals surface area contributed by atoms with E-state index in [1.165, 1.54) is 0 Å². The highest BCUT2D eigenvalue weighted by atomic mass is 16.5. The molecule has 0 bridgehead atoms. The standard InChI is InChI=1S/C12H15N3O2/c1-2-11(14)12(16)15-9-3-5-10(6-4-9)17-8-7-13/h3-6,11H,2,8,14H2,1H3,(H,15,16). The molecular weight excluding hydrogens is 218 g/mol. The molecule has 1 amide bonds. The Kier molecular flexibility index (Phi) is 4.98. The Hall–Kier alpha value is -2.06.